The lowest BCUT2D eigenvalue weighted by Gasteiger charge is -2.56. The third-order valence-electron chi connectivity index (χ3n) is 8.36. The largest absolute Gasteiger partial charge is 0.398 e. The SMILES string of the molecule is Nc1ccc(Cl)cc1CN1CCN(C(=O)CNC(=O)CC23CC4CC(CC(C4)C2)C3)CC1. The van der Waals surface area contributed by atoms with Crippen molar-refractivity contribution in [3.05, 3.63) is 28.8 Å². The molecule has 4 aliphatic carbocycles. The summed E-state index contributed by atoms with van der Waals surface area (Å²) >= 11 is 6.10. The normalized spacial score (nSPS) is 31.7. The Labute approximate surface area is 195 Å². The van der Waals surface area contributed by atoms with Crippen molar-refractivity contribution in [2.24, 2.45) is 23.2 Å². The summed E-state index contributed by atoms with van der Waals surface area (Å²) in [5.41, 5.74) is 8.05. The van der Waals surface area contributed by atoms with Crippen LogP contribution in [-0.2, 0) is 16.1 Å². The summed E-state index contributed by atoms with van der Waals surface area (Å²) < 4.78 is 0. The van der Waals surface area contributed by atoms with Gasteiger partial charge in [0, 0.05) is 49.9 Å². The molecule has 0 unspecified atom stereocenters. The van der Waals surface area contributed by atoms with Gasteiger partial charge in [-0.2, -0.15) is 0 Å². The molecule has 1 aromatic rings. The quantitative estimate of drug-likeness (QED) is 0.641. The average molecular weight is 459 g/mol. The van der Waals surface area contributed by atoms with E-state index in [9.17, 15) is 9.59 Å². The van der Waals surface area contributed by atoms with Gasteiger partial charge in [0.2, 0.25) is 11.8 Å². The summed E-state index contributed by atoms with van der Waals surface area (Å²) in [7, 11) is 0. The molecular formula is C25H35ClN4O2. The predicted octanol–water partition coefficient (Wildman–Crippen LogP) is 3.29. The summed E-state index contributed by atoms with van der Waals surface area (Å²) in [4.78, 5) is 29.6. The van der Waals surface area contributed by atoms with Gasteiger partial charge in [-0.1, -0.05) is 11.6 Å². The van der Waals surface area contributed by atoms with Crippen molar-refractivity contribution in [2.75, 3.05) is 38.5 Å². The molecule has 2 amide bonds. The highest BCUT2D eigenvalue weighted by atomic mass is 35.5. The Bertz CT molecular complexity index is 845. The summed E-state index contributed by atoms with van der Waals surface area (Å²) in [6.07, 6.45) is 8.43. The van der Waals surface area contributed by atoms with Gasteiger partial charge in [-0.05, 0) is 85.5 Å². The van der Waals surface area contributed by atoms with Crippen molar-refractivity contribution in [2.45, 2.75) is 51.5 Å². The summed E-state index contributed by atoms with van der Waals surface area (Å²) in [6.45, 7) is 3.77. The lowest BCUT2D eigenvalue weighted by molar-refractivity contribution is -0.136. The number of amides is 2. The number of hydrogen-bond acceptors (Lipinski definition) is 4. The molecule has 5 aliphatic rings. The predicted molar refractivity (Wildman–Crippen MR) is 126 cm³/mol. The van der Waals surface area contributed by atoms with Crippen LogP contribution in [0.1, 0.15) is 50.5 Å². The average Bonchev–Trinajstić information content (AvgIpc) is 2.74. The molecule has 32 heavy (non-hydrogen) atoms. The second kappa shape index (κ2) is 8.86. The fraction of sp³-hybridized carbons (Fsp3) is 0.680. The number of carbonyl (C=O) groups excluding carboxylic acids is 2. The molecule has 7 heteroatoms. The van der Waals surface area contributed by atoms with E-state index in [1.807, 2.05) is 17.0 Å². The van der Waals surface area contributed by atoms with E-state index in [0.29, 0.717) is 24.5 Å². The van der Waals surface area contributed by atoms with Crippen LogP contribution in [0.2, 0.25) is 5.02 Å². The van der Waals surface area contributed by atoms with Crippen molar-refractivity contribution < 1.29 is 9.59 Å². The Hall–Kier alpha value is -1.79. The monoisotopic (exact) mass is 458 g/mol. The van der Waals surface area contributed by atoms with E-state index in [0.717, 1.165) is 48.6 Å². The van der Waals surface area contributed by atoms with Crippen LogP contribution in [0.3, 0.4) is 0 Å². The van der Waals surface area contributed by atoms with Gasteiger partial charge in [0.25, 0.3) is 0 Å². The number of hydrogen-bond donors (Lipinski definition) is 2. The molecule has 1 heterocycles. The molecular weight excluding hydrogens is 424 g/mol. The zero-order valence-electron chi connectivity index (χ0n) is 18.8. The van der Waals surface area contributed by atoms with Crippen LogP contribution in [0.25, 0.3) is 0 Å². The van der Waals surface area contributed by atoms with Gasteiger partial charge < -0.3 is 16.0 Å². The van der Waals surface area contributed by atoms with E-state index in [2.05, 4.69) is 10.2 Å². The maximum atomic E-state index is 12.7. The first-order chi connectivity index (χ1) is 15.4. The molecule has 1 saturated heterocycles. The minimum atomic E-state index is 0.0192. The van der Waals surface area contributed by atoms with Gasteiger partial charge in [0.05, 0.1) is 6.54 Å². The van der Waals surface area contributed by atoms with Crippen LogP contribution in [0.4, 0.5) is 5.69 Å². The number of nitrogen functional groups attached to an aromatic ring is 1. The van der Waals surface area contributed by atoms with Gasteiger partial charge in [0.15, 0.2) is 0 Å². The Balaban J connectivity index is 1.06. The van der Waals surface area contributed by atoms with Gasteiger partial charge in [0.1, 0.15) is 0 Å². The van der Waals surface area contributed by atoms with Gasteiger partial charge in [-0.25, -0.2) is 0 Å². The number of nitrogens with one attached hydrogen (secondary N) is 1. The molecule has 3 N–H and O–H groups in total. The van der Waals surface area contributed by atoms with Crippen LogP contribution in [0, 0.1) is 23.2 Å². The standard InChI is InChI=1S/C25H35ClN4O2/c26-21-1-2-22(27)20(10-21)16-29-3-5-30(6-4-29)24(32)15-28-23(31)14-25-11-17-7-18(12-25)9-19(8-17)13-25/h1-2,10,17-19H,3-9,11-16,27H2,(H,28,31). The zero-order chi connectivity index (χ0) is 22.3. The van der Waals surface area contributed by atoms with E-state index in [1.54, 1.807) is 6.07 Å². The van der Waals surface area contributed by atoms with E-state index in [4.69, 9.17) is 17.3 Å². The van der Waals surface area contributed by atoms with Crippen LogP contribution < -0.4 is 11.1 Å². The molecule has 6 rings (SSSR count). The van der Waals surface area contributed by atoms with E-state index in [1.165, 1.54) is 38.5 Å². The van der Waals surface area contributed by atoms with E-state index >= 15 is 0 Å². The number of benzene rings is 1. The Morgan fingerprint density at radius 1 is 1.03 bits per heavy atom. The van der Waals surface area contributed by atoms with Crippen molar-refractivity contribution >= 4 is 29.1 Å². The highest BCUT2D eigenvalue weighted by molar-refractivity contribution is 6.30. The molecule has 1 aliphatic heterocycles. The Kier molecular flexibility index (Phi) is 6.10. The number of nitrogens with two attached hydrogens (primary N) is 1. The van der Waals surface area contributed by atoms with Crippen LogP contribution in [0.5, 0.6) is 0 Å². The topological polar surface area (TPSA) is 78.7 Å². The highest BCUT2D eigenvalue weighted by Gasteiger charge is 2.51. The molecule has 0 spiro atoms. The van der Waals surface area contributed by atoms with Crippen molar-refractivity contribution in [3.63, 3.8) is 0 Å². The second-order valence-electron chi connectivity index (χ2n) is 10.9. The number of carbonyl (C=O) groups is 2. The fourth-order valence-corrected chi connectivity index (χ4v) is 7.50. The molecule has 4 bridgehead atoms. The molecule has 6 nitrogen and oxygen atoms in total. The lowest BCUT2D eigenvalue weighted by atomic mass is 9.49. The maximum Gasteiger partial charge on any atom is 0.242 e. The van der Waals surface area contributed by atoms with Crippen molar-refractivity contribution in [1.82, 2.24) is 15.1 Å². The van der Waals surface area contributed by atoms with Crippen LogP contribution in [-0.4, -0.2) is 54.3 Å². The summed E-state index contributed by atoms with van der Waals surface area (Å²) in [6, 6.07) is 5.55. The first-order valence-electron chi connectivity index (χ1n) is 12.2. The maximum absolute atomic E-state index is 12.7. The molecule has 174 valence electrons. The third-order valence-corrected chi connectivity index (χ3v) is 8.60. The highest BCUT2D eigenvalue weighted by Crippen LogP contribution is 2.61. The second-order valence-corrected chi connectivity index (χ2v) is 11.3. The first kappa shape index (κ1) is 22.0. The van der Waals surface area contributed by atoms with Crippen LogP contribution >= 0.6 is 11.6 Å². The van der Waals surface area contributed by atoms with Crippen molar-refractivity contribution in [3.8, 4) is 0 Å². The van der Waals surface area contributed by atoms with Gasteiger partial charge in [-0.15, -0.1) is 0 Å². The fourth-order valence-electron chi connectivity index (χ4n) is 7.30. The van der Waals surface area contributed by atoms with Crippen LogP contribution in [0.15, 0.2) is 18.2 Å². The number of halogens is 1. The zero-order valence-corrected chi connectivity index (χ0v) is 19.6. The minimum absolute atomic E-state index is 0.0192. The number of anilines is 1. The third kappa shape index (κ3) is 4.76. The van der Waals surface area contributed by atoms with E-state index < -0.39 is 0 Å². The molecule has 1 aromatic carbocycles. The van der Waals surface area contributed by atoms with E-state index in [-0.39, 0.29) is 23.8 Å². The number of rotatable bonds is 6. The Morgan fingerprint density at radius 2 is 1.66 bits per heavy atom. The summed E-state index contributed by atoms with van der Waals surface area (Å²) in [5, 5.41) is 3.63. The van der Waals surface area contributed by atoms with Crippen molar-refractivity contribution in [1.29, 1.82) is 0 Å². The first-order valence-corrected chi connectivity index (χ1v) is 12.6. The van der Waals surface area contributed by atoms with Gasteiger partial charge >= 0.3 is 0 Å². The lowest BCUT2D eigenvalue weighted by Crippen LogP contribution is -2.51. The molecule has 0 radical (unpaired) electrons. The molecule has 0 aromatic heterocycles. The van der Waals surface area contributed by atoms with Gasteiger partial charge in [-0.3, -0.25) is 14.5 Å². The number of nitrogens with zero attached hydrogens (tertiary/aromatic N) is 2. The molecule has 4 saturated carbocycles. The number of piperazine rings is 1. The Morgan fingerprint density at radius 3 is 2.28 bits per heavy atom. The molecule has 5 fully saturated rings. The summed E-state index contributed by atoms with van der Waals surface area (Å²) in [5.74, 6) is 2.61. The molecule has 0 atom stereocenters. The minimum Gasteiger partial charge on any atom is -0.398 e. The smallest absolute Gasteiger partial charge is 0.242 e.